The lowest BCUT2D eigenvalue weighted by Gasteiger charge is -2.21. The first-order valence-electron chi connectivity index (χ1n) is 8.67. The molecule has 3 N–H and O–H groups in total. The van der Waals surface area contributed by atoms with E-state index in [0.29, 0.717) is 5.56 Å². The summed E-state index contributed by atoms with van der Waals surface area (Å²) in [5.74, 6) is -0.258. The van der Waals surface area contributed by atoms with Crippen LogP contribution in [-0.2, 0) is 11.2 Å². The Bertz CT molecular complexity index is 862. The van der Waals surface area contributed by atoms with Crippen LogP contribution < -0.4 is 21.5 Å². The van der Waals surface area contributed by atoms with Gasteiger partial charge in [0.1, 0.15) is 17.1 Å². The van der Waals surface area contributed by atoms with Crippen LogP contribution in [0.15, 0.2) is 27.8 Å². The van der Waals surface area contributed by atoms with E-state index < -0.39 is 10.9 Å². The average Bonchev–Trinajstić information content (AvgIpc) is 2.63. The molecule has 0 aliphatic heterocycles. The third-order valence-corrected chi connectivity index (χ3v) is 4.46. The number of rotatable bonds is 8. The number of nitrogens with one attached hydrogen (secondary N) is 2. The number of benzene rings is 1. The molecule has 0 atom stereocenters. The molecule has 0 bridgehead atoms. The summed E-state index contributed by atoms with van der Waals surface area (Å²) >= 11 is 0. The molecule has 0 unspecified atom stereocenters. The van der Waals surface area contributed by atoms with Crippen LogP contribution in [-0.4, -0.2) is 36.1 Å². The van der Waals surface area contributed by atoms with Gasteiger partial charge in [-0.15, -0.1) is 0 Å². The van der Waals surface area contributed by atoms with Crippen molar-refractivity contribution in [2.75, 3.05) is 24.7 Å². The van der Waals surface area contributed by atoms with E-state index in [1.54, 1.807) is 32.3 Å². The van der Waals surface area contributed by atoms with Crippen LogP contribution in [0.25, 0.3) is 0 Å². The summed E-state index contributed by atoms with van der Waals surface area (Å²) < 4.78 is 0. The van der Waals surface area contributed by atoms with Crippen molar-refractivity contribution in [1.29, 1.82) is 0 Å². The van der Waals surface area contributed by atoms with Crippen LogP contribution in [0.1, 0.15) is 32.3 Å². The zero-order valence-electron chi connectivity index (χ0n) is 15.5. The molecule has 0 spiro atoms. The SMILES string of the molecule is CCC(CC)Nc1c(Nc2cccc(CC(=O)N(C)C)c2O)c(=O)c1=O. The van der Waals surface area contributed by atoms with Crippen molar-refractivity contribution >= 4 is 23.0 Å². The van der Waals surface area contributed by atoms with Crippen molar-refractivity contribution in [3.8, 4) is 5.75 Å². The number of hydrogen-bond donors (Lipinski definition) is 3. The number of aromatic hydroxyl groups is 1. The number of carbonyl (C=O) groups is 1. The second-order valence-electron chi connectivity index (χ2n) is 6.47. The molecule has 0 aromatic heterocycles. The molecule has 0 fully saturated rings. The molecule has 7 heteroatoms. The number of phenols is 1. The largest absolute Gasteiger partial charge is 0.505 e. The Kier molecular flexibility index (Phi) is 6.02. The smallest absolute Gasteiger partial charge is 0.253 e. The first-order valence-corrected chi connectivity index (χ1v) is 8.67. The van der Waals surface area contributed by atoms with Gasteiger partial charge in [-0.05, 0) is 18.9 Å². The lowest BCUT2D eigenvalue weighted by atomic mass is 10.1. The first-order chi connectivity index (χ1) is 12.3. The average molecular weight is 359 g/mol. The molecule has 0 radical (unpaired) electrons. The van der Waals surface area contributed by atoms with Crippen LogP contribution in [0, 0.1) is 0 Å². The van der Waals surface area contributed by atoms with E-state index in [1.807, 2.05) is 13.8 Å². The minimum Gasteiger partial charge on any atom is -0.505 e. The third-order valence-electron chi connectivity index (χ3n) is 4.46. The molecule has 140 valence electrons. The number of amides is 1. The van der Waals surface area contributed by atoms with Gasteiger partial charge in [0, 0.05) is 25.7 Å². The lowest BCUT2D eigenvalue weighted by molar-refractivity contribution is -0.127. The van der Waals surface area contributed by atoms with Gasteiger partial charge >= 0.3 is 0 Å². The Hall–Kier alpha value is -2.83. The molecule has 26 heavy (non-hydrogen) atoms. The molecule has 7 nitrogen and oxygen atoms in total. The maximum absolute atomic E-state index is 11.9. The van der Waals surface area contributed by atoms with Gasteiger partial charge in [0.2, 0.25) is 5.91 Å². The quantitative estimate of drug-likeness (QED) is 0.492. The van der Waals surface area contributed by atoms with Crippen LogP contribution >= 0.6 is 0 Å². The number of anilines is 3. The molecule has 1 amide bonds. The monoisotopic (exact) mass is 359 g/mol. The van der Waals surface area contributed by atoms with Crippen molar-refractivity contribution < 1.29 is 9.90 Å². The molecular formula is C19H25N3O4. The normalized spacial score (nSPS) is 11.0. The van der Waals surface area contributed by atoms with Gasteiger partial charge in [-0.2, -0.15) is 0 Å². The fourth-order valence-corrected chi connectivity index (χ4v) is 2.64. The van der Waals surface area contributed by atoms with Gasteiger partial charge in [0.25, 0.3) is 10.9 Å². The van der Waals surface area contributed by atoms with Gasteiger partial charge < -0.3 is 20.6 Å². The van der Waals surface area contributed by atoms with Gasteiger partial charge in [0.05, 0.1) is 12.1 Å². The summed E-state index contributed by atoms with van der Waals surface area (Å²) in [5, 5.41) is 16.4. The molecule has 0 heterocycles. The second-order valence-corrected chi connectivity index (χ2v) is 6.47. The van der Waals surface area contributed by atoms with E-state index in [-0.39, 0.29) is 41.2 Å². The summed E-state index contributed by atoms with van der Waals surface area (Å²) in [5.41, 5.74) is -0.0488. The van der Waals surface area contributed by atoms with Crippen molar-refractivity contribution in [3.63, 3.8) is 0 Å². The zero-order chi connectivity index (χ0) is 19.4. The fourth-order valence-electron chi connectivity index (χ4n) is 2.64. The maximum atomic E-state index is 11.9. The van der Waals surface area contributed by atoms with E-state index in [4.69, 9.17) is 0 Å². The van der Waals surface area contributed by atoms with Crippen LogP contribution in [0.2, 0.25) is 0 Å². The number of likely N-dealkylation sites (N-methyl/N-ethyl adjacent to an activating group) is 1. The standard InChI is InChI=1S/C19H25N3O4/c1-5-12(6-2)20-15-16(19(26)18(15)25)21-13-9-7-8-11(17(13)24)10-14(23)22(3)4/h7-9,12,20-21,24H,5-6,10H2,1-4H3. The van der Waals surface area contributed by atoms with Gasteiger partial charge in [0.15, 0.2) is 0 Å². The van der Waals surface area contributed by atoms with E-state index in [2.05, 4.69) is 10.6 Å². The second kappa shape index (κ2) is 8.03. The van der Waals surface area contributed by atoms with Crippen LogP contribution in [0.3, 0.4) is 0 Å². The van der Waals surface area contributed by atoms with Crippen LogP contribution in [0.5, 0.6) is 5.75 Å². The summed E-state index contributed by atoms with van der Waals surface area (Å²) in [7, 11) is 3.28. The van der Waals surface area contributed by atoms with E-state index in [1.165, 1.54) is 4.90 Å². The number of hydrogen-bond acceptors (Lipinski definition) is 6. The summed E-state index contributed by atoms with van der Waals surface area (Å²) in [4.78, 5) is 37.1. The Morgan fingerprint density at radius 3 is 2.31 bits per heavy atom. The number of para-hydroxylation sites is 1. The van der Waals surface area contributed by atoms with Gasteiger partial charge in [-0.1, -0.05) is 26.0 Å². The van der Waals surface area contributed by atoms with E-state index in [9.17, 15) is 19.5 Å². The van der Waals surface area contributed by atoms with Crippen LogP contribution in [0.4, 0.5) is 17.1 Å². The fraction of sp³-hybridized carbons (Fsp3) is 0.421. The van der Waals surface area contributed by atoms with Crippen molar-refractivity contribution in [2.24, 2.45) is 0 Å². The highest BCUT2D eigenvalue weighted by atomic mass is 16.3. The molecule has 0 aliphatic carbocycles. The summed E-state index contributed by atoms with van der Waals surface area (Å²) in [6.45, 7) is 3.99. The Morgan fingerprint density at radius 2 is 1.73 bits per heavy atom. The van der Waals surface area contributed by atoms with Crippen molar-refractivity contribution in [1.82, 2.24) is 4.90 Å². The molecule has 0 saturated heterocycles. The molecule has 0 aliphatic rings. The Morgan fingerprint density at radius 1 is 1.12 bits per heavy atom. The number of nitrogens with zero attached hydrogens (tertiary/aromatic N) is 1. The van der Waals surface area contributed by atoms with E-state index in [0.717, 1.165) is 12.8 Å². The van der Waals surface area contributed by atoms with E-state index >= 15 is 0 Å². The highest BCUT2D eigenvalue weighted by molar-refractivity contribution is 5.83. The van der Waals surface area contributed by atoms with Gasteiger partial charge in [-0.25, -0.2) is 0 Å². The molecule has 2 rings (SSSR count). The summed E-state index contributed by atoms with van der Waals surface area (Å²) in [6, 6.07) is 5.01. The zero-order valence-corrected chi connectivity index (χ0v) is 15.5. The highest BCUT2D eigenvalue weighted by Gasteiger charge is 2.24. The maximum Gasteiger partial charge on any atom is 0.253 e. The first kappa shape index (κ1) is 19.5. The van der Waals surface area contributed by atoms with Crippen molar-refractivity contribution in [2.45, 2.75) is 39.2 Å². The number of carbonyl (C=O) groups excluding carboxylic acids is 1. The summed E-state index contributed by atoms with van der Waals surface area (Å²) in [6.07, 6.45) is 1.68. The Labute approximate surface area is 152 Å². The third kappa shape index (κ3) is 3.87. The predicted octanol–water partition coefficient (Wildman–Crippen LogP) is 1.96. The Balaban J connectivity index is 2.27. The highest BCUT2D eigenvalue weighted by Crippen LogP contribution is 2.32. The molecular weight excluding hydrogens is 334 g/mol. The van der Waals surface area contributed by atoms with Gasteiger partial charge in [-0.3, -0.25) is 14.4 Å². The predicted molar refractivity (Wildman–Crippen MR) is 103 cm³/mol. The number of phenolic OH excluding ortho intramolecular Hbond substituents is 1. The minimum absolute atomic E-state index is 0.0408. The minimum atomic E-state index is -0.618. The topological polar surface area (TPSA) is 98.7 Å². The molecule has 0 saturated carbocycles. The molecule has 2 aromatic carbocycles. The molecule has 2 aromatic rings. The lowest BCUT2D eigenvalue weighted by Crippen LogP contribution is -2.38. The van der Waals surface area contributed by atoms with Crippen molar-refractivity contribution in [3.05, 3.63) is 44.2 Å².